The van der Waals surface area contributed by atoms with Gasteiger partial charge < -0.3 is 0 Å². The molecule has 104 valence electrons. The Morgan fingerprint density at radius 1 is 1.11 bits per heavy atom. The van der Waals surface area contributed by atoms with Crippen molar-refractivity contribution in [2.45, 2.75) is 38.5 Å². The molecule has 3 rings (SSSR count). The van der Waals surface area contributed by atoms with Crippen molar-refractivity contribution in [2.75, 3.05) is 13.1 Å². The zero-order valence-electron chi connectivity index (χ0n) is 11.8. The third-order valence-corrected chi connectivity index (χ3v) is 7.07. The molecule has 1 aliphatic carbocycles. The van der Waals surface area contributed by atoms with Crippen molar-refractivity contribution in [3.63, 3.8) is 0 Å². The summed E-state index contributed by atoms with van der Waals surface area (Å²) in [6.07, 6.45) is 2.13. The van der Waals surface area contributed by atoms with E-state index in [9.17, 15) is 8.42 Å². The van der Waals surface area contributed by atoms with Crippen LogP contribution in [0.3, 0.4) is 0 Å². The Kier molecular flexibility index (Phi) is 2.64. The van der Waals surface area contributed by atoms with Gasteiger partial charge in [-0.05, 0) is 42.7 Å². The lowest BCUT2D eigenvalue weighted by atomic mass is 9.90. The lowest BCUT2D eigenvalue weighted by molar-refractivity contribution is 0.212. The van der Waals surface area contributed by atoms with E-state index in [1.165, 1.54) is 0 Å². The van der Waals surface area contributed by atoms with Crippen molar-refractivity contribution >= 4 is 10.0 Å². The van der Waals surface area contributed by atoms with E-state index in [4.69, 9.17) is 0 Å². The van der Waals surface area contributed by atoms with E-state index in [2.05, 4.69) is 13.8 Å². The summed E-state index contributed by atoms with van der Waals surface area (Å²) in [5.41, 5.74) is 1.63. The maximum Gasteiger partial charge on any atom is 0.243 e. The number of sulfonamides is 1. The Balaban J connectivity index is 1.88. The number of hydrogen-bond acceptors (Lipinski definition) is 2. The summed E-state index contributed by atoms with van der Waals surface area (Å²) in [7, 11) is -3.32. The maximum absolute atomic E-state index is 12.6. The summed E-state index contributed by atoms with van der Waals surface area (Å²) < 4.78 is 26.9. The third-order valence-electron chi connectivity index (χ3n) is 5.21. The highest BCUT2D eigenvalue weighted by Gasteiger charge is 2.63. The molecule has 1 saturated carbocycles. The highest BCUT2D eigenvalue weighted by molar-refractivity contribution is 7.89. The molecule has 0 amide bonds. The van der Waals surface area contributed by atoms with Gasteiger partial charge in [0, 0.05) is 13.1 Å². The number of aryl methyl sites for hydroxylation is 1. The second-order valence-electron chi connectivity index (χ2n) is 6.70. The first-order chi connectivity index (χ1) is 8.77. The van der Waals surface area contributed by atoms with Crippen LogP contribution in [-0.4, -0.2) is 25.8 Å². The molecule has 0 spiro atoms. The molecule has 1 aliphatic heterocycles. The average Bonchev–Trinajstić information content (AvgIpc) is 2.91. The molecule has 0 radical (unpaired) electrons. The summed E-state index contributed by atoms with van der Waals surface area (Å²) in [5, 5.41) is 0. The first-order valence-corrected chi connectivity index (χ1v) is 8.28. The molecule has 2 atom stereocenters. The van der Waals surface area contributed by atoms with Gasteiger partial charge in [0.1, 0.15) is 0 Å². The van der Waals surface area contributed by atoms with Crippen molar-refractivity contribution in [1.82, 2.24) is 4.31 Å². The van der Waals surface area contributed by atoms with E-state index < -0.39 is 10.0 Å². The Hall–Kier alpha value is -0.870. The fraction of sp³-hybridized carbons (Fsp3) is 0.600. The lowest BCUT2D eigenvalue weighted by Crippen LogP contribution is -2.42. The first kappa shape index (κ1) is 13.1. The van der Waals surface area contributed by atoms with Gasteiger partial charge in [0.05, 0.1) is 4.90 Å². The van der Waals surface area contributed by atoms with Gasteiger partial charge in [-0.15, -0.1) is 0 Å². The zero-order valence-corrected chi connectivity index (χ0v) is 12.6. The minimum Gasteiger partial charge on any atom is -0.207 e. The predicted molar refractivity (Wildman–Crippen MR) is 75.4 cm³/mol. The molecular formula is C15H21NO2S. The smallest absolute Gasteiger partial charge is 0.207 e. The highest BCUT2D eigenvalue weighted by Crippen LogP contribution is 2.67. The average molecular weight is 279 g/mol. The highest BCUT2D eigenvalue weighted by atomic mass is 32.2. The van der Waals surface area contributed by atoms with Gasteiger partial charge in [-0.1, -0.05) is 31.5 Å². The van der Waals surface area contributed by atoms with E-state index >= 15 is 0 Å². The van der Waals surface area contributed by atoms with Crippen LogP contribution < -0.4 is 0 Å². The first-order valence-electron chi connectivity index (χ1n) is 6.84. The van der Waals surface area contributed by atoms with Gasteiger partial charge in [-0.3, -0.25) is 0 Å². The van der Waals surface area contributed by atoms with Gasteiger partial charge in [0.25, 0.3) is 0 Å². The number of fused-ring (bicyclic) bond motifs is 1. The van der Waals surface area contributed by atoms with E-state index in [1.807, 2.05) is 19.1 Å². The molecule has 2 aliphatic rings. The van der Waals surface area contributed by atoms with Crippen LogP contribution in [0.4, 0.5) is 0 Å². The van der Waals surface area contributed by atoms with Crippen LogP contribution in [-0.2, 0) is 10.0 Å². The fourth-order valence-electron chi connectivity index (χ4n) is 3.36. The molecule has 3 nitrogen and oxygen atoms in total. The molecule has 0 N–H and O–H groups in total. The van der Waals surface area contributed by atoms with Crippen LogP contribution in [0.2, 0.25) is 0 Å². The van der Waals surface area contributed by atoms with Crippen LogP contribution in [0.1, 0.15) is 32.3 Å². The number of benzene rings is 1. The van der Waals surface area contributed by atoms with Gasteiger partial charge in [0.2, 0.25) is 10.0 Å². The maximum atomic E-state index is 12.6. The van der Waals surface area contributed by atoms with Crippen LogP contribution in [0.5, 0.6) is 0 Å². The SMILES string of the molecule is Cc1ccc(S(=O)(=O)N2CCC3(C)CC3(C)C2)cc1. The van der Waals surface area contributed by atoms with Crippen molar-refractivity contribution in [2.24, 2.45) is 10.8 Å². The van der Waals surface area contributed by atoms with E-state index in [0.717, 1.165) is 18.4 Å². The second kappa shape index (κ2) is 3.83. The molecule has 1 heterocycles. The topological polar surface area (TPSA) is 37.4 Å². The van der Waals surface area contributed by atoms with E-state index in [-0.39, 0.29) is 5.41 Å². The van der Waals surface area contributed by atoms with Gasteiger partial charge >= 0.3 is 0 Å². The number of nitrogens with zero attached hydrogens (tertiary/aromatic N) is 1. The fourth-order valence-corrected chi connectivity index (χ4v) is 4.92. The monoisotopic (exact) mass is 279 g/mol. The van der Waals surface area contributed by atoms with Gasteiger partial charge in [0.15, 0.2) is 0 Å². The van der Waals surface area contributed by atoms with Gasteiger partial charge in [-0.25, -0.2) is 8.42 Å². The summed E-state index contributed by atoms with van der Waals surface area (Å²) in [6.45, 7) is 7.78. The quantitative estimate of drug-likeness (QED) is 0.835. The third kappa shape index (κ3) is 1.93. The molecular weight excluding hydrogens is 258 g/mol. The molecule has 2 unspecified atom stereocenters. The summed E-state index contributed by atoms with van der Waals surface area (Å²) >= 11 is 0. The van der Waals surface area contributed by atoms with Gasteiger partial charge in [-0.2, -0.15) is 4.31 Å². The minimum atomic E-state index is -3.32. The molecule has 1 aromatic carbocycles. The Morgan fingerprint density at radius 2 is 1.74 bits per heavy atom. The normalized spacial score (nSPS) is 34.9. The Bertz CT molecular complexity index is 608. The minimum absolute atomic E-state index is 0.184. The van der Waals surface area contributed by atoms with Crippen LogP contribution >= 0.6 is 0 Å². The van der Waals surface area contributed by atoms with Crippen molar-refractivity contribution in [1.29, 1.82) is 0 Å². The van der Waals surface area contributed by atoms with E-state index in [0.29, 0.717) is 23.4 Å². The lowest BCUT2D eigenvalue weighted by Gasteiger charge is -2.33. The van der Waals surface area contributed by atoms with Crippen molar-refractivity contribution < 1.29 is 8.42 Å². The second-order valence-corrected chi connectivity index (χ2v) is 8.64. The van der Waals surface area contributed by atoms with Crippen molar-refractivity contribution in [3.8, 4) is 0 Å². The molecule has 1 saturated heterocycles. The Morgan fingerprint density at radius 3 is 2.32 bits per heavy atom. The molecule has 0 bridgehead atoms. The molecule has 2 fully saturated rings. The summed E-state index contributed by atoms with van der Waals surface area (Å²) in [5.74, 6) is 0. The van der Waals surface area contributed by atoms with Crippen LogP contribution in [0.15, 0.2) is 29.2 Å². The number of hydrogen-bond donors (Lipinski definition) is 0. The van der Waals surface area contributed by atoms with Crippen LogP contribution in [0, 0.1) is 17.8 Å². The molecule has 0 aromatic heterocycles. The largest absolute Gasteiger partial charge is 0.243 e. The van der Waals surface area contributed by atoms with Crippen LogP contribution in [0.25, 0.3) is 0 Å². The Labute approximate surface area is 115 Å². The van der Waals surface area contributed by atoms with E-state index in [1.54, 1.807) is 16.4 Å². The number of rotatable bonds is 2. The zero-order chi connectivity index (χ0) is 13.9. The standard InChI is InChI=1S/C15H21NO2S/c1-12-4-6-13(7-5-12)19(17,18)16-9-8-14(2)10-15(14,3)11-16/h4-7H,8-11H2,1-3H3. The molecule has 19 heavy (non-hydrogen) atoms. The molecule has 1 aromatic rings. The summed E-state index contributed by atoms with van der Waals surface area (Å²) in [4.78, 5) is 0.422. The molecule has 4 heteroatoms. The predicted octanol–water partition coefficient (Wildman–Crippen LogP) is 2.81. The number of piperidine rings is 1. The summed E-state index contributed by atoms with van der Waals surface area (Å²) in [6, 6.07) is 7.15. The van der Waals surface area contributed by atoms with Crippen molar-refractivity contribution in [3.05, 3.63) is 29.8 Å².